The smallest absolute Gasteiger partial charge is 0.220 e. The molecule has 1 rings (SSSR count). The van der Waals surface area contributed by atoms with Gasteiger partial charge in [0.1, 0.15) is 0 Å². The maximum absolute atomic E-state index is 11.7. The Morgan fingerprint density at radius 2 is 2.11 bits per heavy atom. The van der Waals surface area contributed by atoms with Gasteiger partial charge in [-0.2, -0.15) is 0 Å². The molecule has 0 saturated carbocycles. The topological polar surface area (TPSA) is 41.1 Å². The summed E-state index contributed by atoms with van der Waals surface area (Å²) in [6.45, 7) is 5.69. The van der Waals surface area contributed by atoms with Crippen molar-refractivity contribution in [1.29, 1.82) is 0 Å². The summed E-state index contributed by atoms with van der Waals surface area (Å²) in [6, 6.07) is 7.79. The van der Waals surface area contributed by atoms with Crippen LogP contribution in [-0.4, -0.2) is 26.0 Å². The molecule has 0 heterocycles. The molecule has 0 aliphatic heterocycles. The zero-order valence-corrected chi connectivity index (χ0v) is 12.7. The van der Waals surface area contributed by atoms with E-state index >= 15 is 0 Å². The molecule has 0 fully saturated rings. The van der Waals surface area contributed by atoms with E-state index in [1.807, 2.05) is 31.3 Å². The van der Waals surface area contributed by atoms with Crippen molar-refractivity contribution in [2.24, 2.45) is 0 Å². The van der Waals surface area contributed by atoms with Crippen LogP contribution in [0.3, 0.4) is 0 Å². The first-order valence-corrected chi connectivity index (χ1v) is 7.01. The number of nitrogens with one attached hydrogen (secondary N) is 2. The predicted octanol–water partition coefficient (Wildman–Crippen LogP) is 2.73. The highest BCUT2D eigenvalue weighted by Gasteiger charge is 2.21. The van der Waals surface area contributed by atoms with Crippen molar-refractivity contribution in [2.45, 2.75) is 32.1 Å². The van der Waals surface area contributed by atoms with Crippen molar-refractivity contribution in [3.8, 4) is 0 Å². The van der Waals surface area contributed by atoms with Crippen molar-refractivity contribution >= 4 is 17.5 Å². The third kappa shape index (κ3) is 5.62. The molecule has 0 aromatic heterocycles. The normalized spacial score (nSPS) is 11.4. The molecule has 0 aliphatic rings. The van der Waals surface area contributed by atoms with Gasteiger partial charge in [0.25, 0.3) is 0 Å². The van der Waals surface area contributed by atoms with Gasteiger partial charge in [-0.3, -0.25) is 4.79 Å². The van der Waals surface area contributed by atoms with Gasteiger partial charge in [-0.05, 0) is 37.7 Å². The van der Waals surface area contributed by atoms with Gasteiger partial charge >= 0.3 is 0 Å². The number of halogens is 1. The number of benzene rings is 1. The summed E-state index contributed by atoms with van der Waals surface area (Å²) in [5, 5.41) is 6.75. The van der Waals surface area contributed by atoms with Crippen LogP contribution in [0.2, 0.25) is 5.02 Å². The van der Waals surface area contributed by atoms with E-state index in [0.717, 1.165) is 23.6 Å². The highest BCUT2D eigenvalue weighted by atomic mass is 35.5. The third-order valence-electron chi connectivity index (χ3n) is 3.16. The van der Waals surface area contributed by atoms with Crippen molar-refractivity contribution in [1.82, 2.24) is 10.6 Å². The number of hydrogen-bond acceptors (Lipinski definition) is 2. The molecule has 3 nitrogen and oxygen atoms in total. The number of carbonyl (C=O) groups excluding carboxylic acids is 1. The van der Waals surface area contributed by atoms with E-state index < -0.39 is 0 Å². The van der Waals surface area contributed by atoms with E-state index in [9.17, 15) is 4.79 Å². The lowest BCUT2D eigenvalue weighted by Crippen LogP contribution is -2.36. The van der Waals surface area contributed by atoms with Crippen molar-refractivity contribution in [3.63, 3.8) is 0 Å². The SMILES string of the molecule is CNCCCC(=O)NCC(C)(C)c1cccc(Cl)c1. The molecular weight excluding hydrogens is 260 g/mol. The molecule has 0 atom stereocenters. The molecule has 19 heavy (non-hydrogen) atoms. The zero-order valence-electron chi connectivity index (χ0n) is 11.9. The van der Waals surface area contributed by atoms with Crippen LogP contribution >= 0.6 is 11.6 Å². The molecule has 1 amide bonds. The van der Waals surface area contributed by atoms with Crippen LogP contribution in [0.4, 0.5) is 0 Å². The molecular formula is C15H23ClN2O. The van der Waals surface area contributed by atoms with Crippen molar-refractivity contribution in [3.05, 3.63) is 34.9 Å². The highest BCUT2D eigenvalue weighted by molar-refractivity contribution is 6.30. The predicted molar refractivity (Wildman–Crippen MR) is 80.6 cm³/mol. The molecule has 106 valence electrons. The van der Waals surface area contributed by atoms with Gasteiger partial charge in [0, 0.05) is 23.4 Å². The third-order valence-corrected chi connectivity index (χ3v) is 3.40. The van der Waals surface area contributed by atoms with E-state index in [0.29, 0.717) is 13.0 Å². The van der Waals surface area contributed by atoms with Gasteiger partial charge in [0.15, 0.2) is 0 Å². The van der Waals surface area contributed by atoms with E-state index in [1.165, 1.54) is 0 Å². The molecule has 0 saturated heterocycles. The fourth-order valence-electron chi connectivity index (χ4n) is 1.85. The van der Waals surface area contributed by atoms with E-state index in [1.54, 1.807) is 0 Å². The summed E-state index contributed by atoms with van der Waals surface area (Å²) in [5.41, 5.74) is 1.01. The molecule has 1 aromatic rings. The summed E-state index contributed by atoms with van der Waals surface area (Å²) in [7, 11) is 1.89. The van der Waals surface area contributed by atoms with Crippen LogP contribution in [0.5, 0.6) is 0 Å². The Hall–Kier alpha value is -1.06. The minimum absolute atomic E-state index is 0.102. The lowest BCUT2D eigenvalue weighted by molar-refractivity contribution is -0.121. The summed E-state index contributed by atoms with van der Waals surface area (Å²) < 4.78 is 0. The maximum Gasteiger partial charge on any atom is 0.220 e. The van der Waals surface area contributed by atoms with Gasteiger partial charge in [0.05, 0.1) is 0 Å². The number of hydrogen-bond donors (Lipinski definition) is 2. The second-order valence-corrected chi connectivity index (χ2v) is 5.81. The van der Waals surface area contributed by atoms with E-state index in [-0.39, 0.29) is 11.3 Å². The highest BCUT2D eigenvalue weighted by Crippen LogP contribution is 2.24. The van der Waals surface area contributed by atoms with Gasteiger partial charge in [-0.1, -0.05) is 37.6 Å². The Morgan fingerprint density at radius 3 is 2.74 bits per heavy atom. The minimum atomic E-state index is -0.121. The first-order chi connectivity index (χ1) is 8.95. The zero-order chi connectivity index (χ0) is 14.3. The van der Waals surface area contributed by atoms with Crippen molar-refractivity contribution in [2.75, 3.05) is 20.1 Å². The fraction of sp³-hybridized carbons (Fsp3) is 0.533. The number of rotatable bonds is 7. The molecule has 0 spiro atoms. The Bertz CT molecular complexity index is 418. The standard InChI is InChI=1S/C15H23ClN2O/c1-15(2,12-6-4-7-13(16)10-12)11-18-14(19)8-5-9-17-3/h4,6-7,10,17H,5,8-9,11H2,1-3H3,(H,18,19). The summed E-state index contributed by atoms with van der Waals surface area (Å²) in [5.74, 6) is 0.102. The second kappa shape index (κ2) is 7.51. The van der Waals surface area contributed by atoms with Crippen LogP contribution in [-0.2, 0) is 10.2 Å². The molecule has 1 aromatic carbocycles. The lowest BCUT2D eigenvalue weighted by Gasteiger charge is -2.26. The Kier molecular flexibility index (Phi) is 6.32. The average molecular weight is 283 g/mol. The Balaban J connectivity index is 2.48. The van der Waals surface area contributed by atoms with Crippen LogP contribution < -0.4 is 10.6 Å². The molecule has 0 aliphatic carbocycles. The molecule has 2 N–H and O–H groups in total. The average Bonchev–Trinajstić information content (AvgIpc) is 2.37. The molecule has 0 radical (unpaired) electrons. The van der Waals surface area contributed by atoms with Gasteiger partial charge in [-0.25, -0.2) is 0 Å². The number of amides is 1. The summed E-state index contributed by atoms with van der Waals surface area (Å²) in [6.07, 6.45) is 1.42. The van der Waals surface area contributed by atoms with Gasteiger partial charge < -0.3 is 10.6 Å². The quantitative estimate of drug-likeness (QED) is 0.755. The second-order valence-electron chi connectivity index (χ2n) is 5.38. The molecule has 0 bridgehead atoms. The summed E-state index contributed by atoms with van der Waals surface area (Å²) in [4.78, 5) is 11.7. The fourth-order valence-corrected chi connectivity index (χ4v) is 2.04. The Morgan fingerprint density at radius 1 is 1.37 bits per heavy atom. The molecule has 0 unspecified atom stereocenters. The number of carbonyl (C=O) groups is 1. The monoisotopic (exact) mass is 282 g/mol. The van der Waals surface area contributed by atoms with E-state index in [4.69, 9.17) is 11.6 Å². The van der Waals surface area contributed by atoms with Gasteiger partial charge in [-0.15, -0.1) is 0 Å². The first kappa shape index (κ1) is 16.0. The Labute approximate surface area is 120 Å². The van der Waals surface area contributed by atoms with Crippen LogP contribution in [0.25, 0.3) is 0 Å². The van der Waals surface area contributed by atoms with Crippen LogP contribution in [0.15, 0.2) is 24.3 Å². The first-order valence-electron chi connectivity index (χ1n) is 6.63. The largest absolute Gasteiger partial charge is 0.355 e. The van der Waals surface area contributed by atoms with E-state index in [2.05, 4.69) is 24.5 Å². The van der Waals surface area contributed by atoms with Crippen LogP contribution in [0, 0.1) is 0 Å². The lowest BCUT2D eigenvalue weighted by atomic mass is 9.84. The van der Waals surface area contributed by atoms with Gasteiger partial charge in [0.2, 0.25) is 5.91 Å². The van der Waals surface area contributed by atoms with Crippen LogP contribution in [0.1, 0.15) is 32.3 Å². The van der Waals surface area contributed by atoms with Crippen molar-refractivity contribution < 1.29 is 4.79 Å². The minimum Gasteiger partial charge on any atom is -0.355 e. The summed E-state index contributed by atoms with van der Waals surface area (Å²) >= 11 is 6.00. The molecule has 4 heteroatoms. The maximum atomic E-state index is 11.7.